The number of carboxylic acid groups (broad SMARTS) is 4. The second-order valence-electron chi connectivity index (χ2n) is 16.1. The number of aliphatic carboxylic acids is 4. The number of carbonyl (C=O) groups is 10. The van der Waals surface area contributed by atoms with E-state index in [2.05, 4.69) is 26.6 Å². The minimum absolute atomic E-state index is 0.156. The highest BCUT2D eigenvalue weighted by atomic mass is 19.4. The third kappa shape index (κ3) is 19.1. The van der Waals surface area contributed by atoms with Crippen LogP contribution in [-0.4, -0.2) is 122 Å². The Morgan fingerprint density at radius 3 is 1.43 bits per heavy atom. The van der Waals surface area contributed by atoms with Crippen molar-refractivity contribution in [1.82, 2.24) is 31.9 Å². The summed E-state index contributed by atoms with van der Waals surface area (Å²) in [7, 11) is 0. The van der Waals surface area contributed by atoms with Crippen molar-refractivity contribution in [3.05, 3.63) is 71.8 Å². The maximum atomic E-state index is 14.8. The Balaban J connectivity index is 2.11. The predicted octanol–water partition coefficient (Wildman–Crippen LogP) is 1.96. The molecule has 20 nitrogen and oxygen atoms in total. The zero-order chi connectivity index (χ0) is 49.8. The molecule has 1 aliphatic rings. The Morgan fingerprint density at radius 1 is 0.552 bits per heavy atom. The number of amides is 6. The highest BCUT2D eigenvalue weighted by Gasteiger charge is 2.40. The number of carbonyl (C=O) groups excluding carboxylic acids is 6. The molecule has 3 rings (SSSR count). The summed E-state index contributed by atoms with van der Waals surface area (Å²) in [5.41, 5.74) is 0.769. The molecule has 10 N–H and O–H groups in total. The first-order chi connectivity index (χ1) is 31.5. The van der Waals surface area contributed by atoms with Crippen molar-refractivity contribution >= 4 is 59.3 Å². The van der Waals surface area contributed by atoms with Crippen LogP contribution >= 0.6 is 0 Å². The van der Waals surface area contributed by atoms with Gasteiger partial charge in [-0.15, -0.1) is 0 Å². The summed E-state index contributed by atoms with van der Waals surface area (Å²) in [6.45, 7) is 0.996. The van der Waals surface area contributed by atoms with Gasteiger partial charge in [0.05, 0.1) is 12.8 Å². The molecule has 6 amide bonds. The molecule has 0 heterocycles. The van der Waals surface area contributed by atoms with Crippen LogP contribution in [0.4, 0.5) is 13.2 Å². The number of rotatable bonds is 26. The molecule has 0 spiro atoms. The summed E-state index contributed by atoms with van der Waals surface area (Å²) >= 11 is 0. The normalized spacial score (nSPS) is 15.5. The SMILES string of the molecule is CC(=O)N[C@@H](CC(=O)O)C(=O)N[C@@H](CCC(=O)O)C(=O)N[C@H](C(=O)N[C@@H](CCC(=O)O)C(=O)N[C@@H](CC1CCCCC1)C(=O)NC(CC(F)(F)F)C(=O)O)C(c1ccccc1)c1ccccc1. The van der Waals surface area contributed by atoms with Crippen LogP contribution in [0.15, 0.2) is 60.7 Å². The summed E-state index contributed by atoms with van der Waals surface area (Å²) < 4.78 is 39.9. The quantitative estimate of drug-likeness (QED) is 0.0645. The fraction of sp³-hybridized carbons (Fsp3) is 0.500. The van der Waals surface area contributed by atoms with Gasteiger partial charge < -0.3 is 52.3 Å². The van der Waals surface area contributed by atoms with Gasteiger partial charge in [0.2, 0.25) is 35.4 Å². The molecule has 2 aromatic carbocycles. The molecule has 23 heteroatoms. The molecular formula is C44H55F3N6O14. The van der Waals surface area contributed by atoms with E-state index in [-0.39, 0.29) is 12.3 Å². The minimum Gasteiger partial charge on any atom is -0.481 e. The molecule has 0 aromatic heterocycles. The number of benzene rings is 2. The Kier molecular flexibility index (Phi) is 21.2. The van der Waals surface area contributed by atoms with E-state index in [0.29, 0.717) is 24.0 Å². The number of halogens is 3. The van der Waals surface area contributed by atoms with E-state index >= 15 is 0 Å². The molecule has 0 aliphatic heterocycles. The van der Waals surface area contributed by atoms with Crippen molar-refractivity contribution < 1.29 is 81.5 Å². The van der Waals surface area contributed by atoms with Crippen molar-refractivity contribution in [3.63, 3.8) is 0 Å². The van der Waals surface area contributed by atoms with Gasteiger partial charge in [0.15, 0.2) is 0 Å². The number of hydrogen-bond donors (Lipinski definition) is 10. The average molecular weight is 949 g/mol. The van der Waals surface area contributed by atoms with Crippen LogP contribution in [0.5, 0.6) is 0 Å². The molecule has 1 fully saturated rings. The van der Waals surface area contributed by atoms with Gasteiger partial charge in [0.25, 0.3) is 0 Å². The van der Waals surface area contributed by atoms with Crippen LogP contribution in [0, 0.1) is 5.92 Å². The van der Waals surface area contributed by atoms with E-state index in [4.69, 9.17) is 0 Å². The fourth-order valence-electron chi connectivity index (χ4n) is 7.65. The summed E-state index contributed by atoms with van der Waals surface area (Å²) in [6, 6.07) is 4.80. The first-order valence-corrected chi connectivity index (χ1v) is 21.4. The Hall–Kier alpha value is -7.07. The standard InChI is InChI=1S/C44H55F3N6O14/c1-24(54)48-31(22-35(59)60)41(64)49-29(18-20-34(57)58)39(62)53-37(36(26-13-7-3-8-14-26)27-15-9-4-10-16-27)42(65)50-28(17-19-33(55)56)38(61)51-30(21-25-11-5-2-6-12-25)40(63)52-32(43(66)67)23-44(45,46)47/h3-4,7-10,13-16,25,28-32,36-37H,2,5-6,11-12,17-23H2,1H3,(H,48,54)(H,49,64)(H,50,65)(H,51,61)(H,52,63)(H,53,62)(H,55,56)(H,57,58)(H,59,60)(H,66,67)/t28-,29-,30-,31-,32?,37-/m0/s1. The Labute approximate surface area is 382 Å². The molecule has 2 aromatic rings. The zero-order valence-electron chi connectivity index (χ0n) is 36.4. The van der Waals surface area contributed by atoms with Crippen molar-refractivity contribution in [3.8, 4) is 0 Å². The monoisotopic (exact) mass is 948 g/mol. The molecule has 0 bridgehead atoms. The van der Waals surface area contributed by atoms with Crippen LogP contribution in [0.25, 0.3) is 0 Å². The van der Waals surface area contributed by atoms with Gasteiger partial charge in [-0.25, -0.2) is 4.79 Å². The highest BCUT2D eigenvalue weighted by Crippen LogP contribution is 2.30. The van der Waals surface area contributed by atoms with E-state index < -0.39 is 146 Å². The molecule has 1 aliphatic carbocycles. The van der Waals surface area contributed by atoms with Gasteiger partial charge in [0.1, 0.15) is 36.3 Å². The van der Waals surface area contributed by atoms with Gasteiger partial charge in [-0.2, -0.15) is 13.2 Å². The summed E-state index contributed by atoms with van der Waals surface area (Å²) in [5.74, 6) is -14.6. The zero-order valence-corrected chi connectivity index (χ0v) is 36.4. The van der Waals surface area contributed by atoms with E-state index in [1.165, 1.54) is 0 Å². The number of alkyl halides is 3. The van der Waals surface area contributed by atoms with Gasteiger partial charge in [-0.05, 0) is 36.3 Å². The van der Waals surface area contributed by atoms with Crippen LogP contribution < -0.4 is 31.9 Å². The smallest absolute Gasteiger partial charge is 0.391 e. The van der Waals surface area contributed by atoms with Crippen LogP contribution in [0.2, 0.25) is 0 Å². The molecule has 67 heavy (non-hydrogen) atoms. The lowest BCUT2D eigenvalue weighted by Gasteiger charge is -2.32. The molecule has 6 atom stereocenters. The molecule has 366 valence electrons. The van der Waals surface area contributed by atoms with E-state index in [9.17, 15) is 81.5 Å². The number of hydrogen-bond acceptors (Lipinski definition) is 10. The largest absolute Gasteiger partial charge is 0.481 e. The summed E-state index contributed by atoms with van der Waals surface area (Å²) in [5, 5.41) is 51.6. The Bertz CT molecular complexity index is 2020. The maximum Gasteiger partial charge on any atom is 0.391 e. The highest BCUT2D eigenvalue weighted by molar-refractivity contribution is 5.98. The predicted molar refractivity (Wildman–Crippen MR) is 227 cm³/mol. The lowest BCUT2D eigenvalue weighted by molar-refractivity contribution is -0.160. The minimum atomic E-state index is -5.01. The van der Waals surface area contributed by atoms with Gasteiger partial charge in [-0.1, -0.05) is 92.8 Å². The third-order valence-corrected chi connectivity index (χ3v) is 10.8. The van der Waals surface area contributed by atoms with Crippen LogP contribution in [0.3, 0.4) is 0 Å². The lowest BCUT2D eigenvalue weighted by atomic mass is 9.84. The Morgan fingerprint density at radius 2 is 0.985 bits per heavy atom. The van der Waals surface area contributed by atoms with Crippen molar-refractivity contribution in [2.24, 2.45) is 5.92 Å². The average Bonchev–Trinajstić information content (AvgIpc) is 3.25. The van der Waals surface area contributed by atoms with E-state index in [1.54, 1.807) is 60.7 Å². The maximum absolute atomic E-state index is 14.8. The van der Waals surface area contributed by atoms with Crippen molar-refractivity contribution in [2.45, 2.75) is 132 Å². The van der Waals surface area contributed by atoms with Gasteiger partial charge in [0, 0.05) is 25.7 Å². The van der Waals surface area contributed by atoms with Crippen LogP contribution in [-0.2, 0) is 47.9 Å². The third-order valence-electron chi connectivity index (χ3n) is 10.8. The second-order valence-corrected chi connectivity index (χ2v) is 16.1. The van der Waals surface area contributed by atoms with E-state index in [1.807, 2.05) is 5.32 Å². The lowest BCUT2D eigenvalue weighted by Crippen LogP contribution is -2.61. The van der Waals surface area contributed by atoms with Gasteiger partial charge >= 0.3 is 30.1 Å². The molecule has 0 radical (unpaired) electrons. The van der Waals surface area contributed by atoms with Crippen LogP contribution in [0.1, 0.15) is 101 Å². The summed E-state index contributed by atoms with van der Waals surface area (Å²) in [6.07, 6.45) is -7.38. The summed E-state index contributed by atoms with van der Waals surface area (Å²) in [4.78, 5) is 129. The topological polar surface area (TPSA) is 324 Å². The van der Waals surface area contributed by atoms with Crippen molar-refractivity contribution in [2.75, 3.05) is 0 Å². The molecule has 1 unspecified atom stereocenters. The van der Waals surface area contributed by atoms with Crippen molar-refractivity contribution in [1.29, 1.82) is 0 Å². The fourth-order valence-corrected chi connectivity index (χ4v) is 7.65. The second kappa shape index (κ2) is 26.2. The molecular weight excluding hydrogens is 894 g/mol. The molecule has 0 saturated heterocycles. The first kappa shape index (κ1) is 54.3. The number of nitrogens with one attached hydrogen (secondary N) is 6. The number of carboxylic acids is 4. The molecule has 1 saturated carbocycles. The van der Waals surface area contributed by atoms with E-state index in [0.717, 1.165) is 26.2 Å². The van der Waals surface area contributed by atoms with Gasteiger partial charge in [-0.3, -0.25) is 43.2 Å². The first-order valence-electron chi connectivity index (χ1n) is 21.4.